The zero-order valence-corrected chi connectivity index (χ0v) is 12.1. The molecule has 0 bridgehead atoms. The van der Waals surface area contributed by atoms with Crippen LogP contribution in [0.15, 0.2) is 35.8 Å². The van der Waals surface area contributed by atoms with Crippen LogP contribution in [-0.2, 0) is 0 Å². The smallest absolute Gasteiger partial charge is 0.311 e. The van der Waals surface area contributed by atoms with Gasteiger partial charge in [0.05, 0.1) is 11.0 Å². The topological polar surface area (TPSA) is 71.3 Å². The van der Waals surface area contributed by atoms with Crippen LogP contribution in [0.3, 0.4) is 0 Å². The number of pyridine rings is 1. The van der Waals surface area contributed by atoms with Crippen LogP contribution in [0.2, 0.25) is 0 Å². The first-order valence-corrected chi connectivity index (χ1v) is 7.00. The fourth-order valence-electron chi connectivity index (χ4n) is 1.89. The van der Waals surface area contributed by atoms with Crippen molar-refractivity contribution < 1.29 is 4.92 Å². The molecule has 6 nitrogen and oxygen atoms in total. The molecule has 0 aliphatic rings. The van der Waals surface area contributed by atoms with Gasteiger partial charge in [-0.1, -0.05) is 6.07 Å². The molecule has 0 saturated carbocycles. The van der Waals surface area contributed by atoms with E-state index in [-0.39, 0.29) is 11.7 Å². The Bertz CT molecular complexity index is 572. The second-order valence-corrected chi connectivity index (χ2v) is 5.48. The van der Waals surface area contributed by atoms with Gasteiger partial charge in [-0.2, -0.15) is 0 Å². The molecular weight excluding hydrogens is 276 g/mol. The van der Waals surface area contributed by atoms with Gasteiger partial charge in [-0.15, -0.1) is 11.3 Å². The molecule has 0 amide bonds. The van der Waals surface area contributed by atoms with E-state index >= 15 is 0 Å². The molecule has 106 valence electrons. The Morgan fingerprint density at radius 2 is 2.25 bits per heavy atom. The number of nitro groups is 1. The molecule has 1 N–H and O–H groups in total. The van der Waals surface area contributed by atoms with Gasteiger partial charge in [-0.05, 0) is 31.6 Å². The Morgan fingerprint density at radius 3 is 2.85 bits per heavy atom. The molecule has 0 aromatic carbocycles. The summed E-state index contributed by atoms with van der Waals surface area (Å²) in [5.41, 5.74) is -0.00353. The number of rotatable bonds is 6. The zero-order chi connectivity index (χ0) is 14.5. The minimum absolute atomic E-state index is 0.00353. The molecule has 0 aliphatic carbocycles. The van der Waals surface area contributed by atoms with E-state index in [9.17, 15) is 10.1 Å². The summed E-state index contributed by atoms with van der Waals surface area (Å²) in [6.07, 6.45) is 1.55. The van der Waals surface area contributed by atoms with Crippen LogP contribution in [-0.4, -0.2) is 35.4 Å². The quantitative estimate of drug-likeness (QED) is 0.655. The lowest BCUT2D eigenvalue weighted by atomic mass is 10.2. The Labute approximate surface area is 121 Å². The van der Waals surface area contributed by atoms with Crippen molar-refractivity contribution >= 4 is 22.8 Å². The molecule has 0 spiro atoms. The SMILES string of the molecule is CN(C)[C@@H](CNc1ncccc1[N+](=O)[O-])c1cccs1. The molecule has 0 saturated heterocycles. The van der Waals surface area contributed by atoms with E-state index in [4.69, 9.17) is 0 Å². The summed E-state index contributed by atoms with van der Waals surface area (Å²) >= 11 is 1.67. The average Bonchev–Trinajstić information content (AvgIpc) is 2.92. The van der Waals surface area contributed by atoms with Crippen LogP contribution < -0.4 is 5.32 Å². The minimum Gasteiger partial charge on any atom is -0.362 e. The van der Waals surface area contributed by atoms with Crippen molar-refractivity contribution in [3.63, 3.8) is 0 Å². The van der Waals surface area contributed by atoms with Crippen molar-refractivity contribution in [3.05, 3.63) is 50.8 Å². The van der Waals surface area contributed by atoms with Crippen molar-refractivity contribution in [2.75, 3.05) is 26.0 Å². The second kappa shape index (κ2) is 6.44. The predicted molar refractivity (Wildman–Crippen MR) is 80.1 cm³/mol. The summed E-state index contributed by atoms with van der Waals surface area (Å²) in [5, 5.41) is 16.0. The standard InChI is InChI=1S/C13H16N4O2S/c1-16(2)11(12-6-4-8-20-12)9-15-13-10(17(18)19)5-3-7-14-13/h3-8,11H,9H2,1-2H3,(H,14,15)/t11-/m0/s1. The Balaban J connectivity index is 2.13. The largest absolute Gasteiger partial charge is 0.362 e. The molecule has 0 unspecified atom stereocenters. The fraction of sp³-hybridized carbons (Fsp3) is 0.308. The predicted octanol–water partition coefficient (Wildman–Crippen LogP) is 2.77. The van der Waals surface area contributed by atoms with E-state index < -0.39 is 4.92 Å². The highest BCUT2D eigenvalue weighted by Gasteiger charge is 2.18. The molecule has 0 aliphatic heterocycles. The monoisotopic (exact) mass is 292 g/mol. The summed E-state index contributed by atoms with van der Waals surface area (Å²) in [6.45, 7) is 0.561. The van der Waals surface area contributed by atoms with Gasteiger partial charge in [-0.25, -0.2) is 4.98 Å². The molecule has 0 radical (unpaired) electrons. The van der Waals surface area contributed by atoms with Crippen molar-refractivity contribution in [1.82, 2.24) is 9.88 Å². The van der Waals surface area contributed by atoms with Gasteiger partial charge < -0.3 is 10.2 Å². The van der Waals surface area contributed by atoms with Crippen LogP contribution in [0.5, 0.6) is 0 Å². The number of likely N-dealkylation sites (N-methyl/N-ethyl adjacent to an activating group) is 1. The number of hydrogen-bond donors (Lipinski definition) is 1. The first-order chi connectivity index (χ1) is 9.59. The number of anilines is 1. The first kappa shape index (κ1) is 14.4. The maximum atomic E-state index is 10.9. The van der Waals surface area contributed by atoms with Gasteiger partial charge in [-0.3, -0.25) is 10.1 Å². The number of nitrogens with zero attached hydrogens (tertiary/aromatic N) is 3. The maximum absolute atomic E-state index is 10.9. The minimum atomic E-state index is -0.425. The molecule has 2 aromatic rings. The molecule has 1 atom stereocenters. The summed E-state index contributed by atoms with van der Waals surface area (Å²) in [6, 6.07) is 7.22. The van der Waals surface area contributed by atoms with Crippen molar-refractivity contribution in [2.45, 2.75) is 6.04 Å². The van der Waals surface area contributed by atoms with Gasteiger partial charge in [0.25, 0.3) is 0 Å². The van der Waals surface area contributed by atoms with E-state index in [1.54, 1.807) is 23.6 Å². The van der Waals surface area contributed by atoms with E-state index in [1.165, 1.54) is 10.9 Å². The number of thiophene rings is 1. The summed E-state index contributed by atoms with van der Waals surface area (Å²) in [7, 11) is 3.97. The van der Waals surface area contributed by atoms with Gasteiger partial charge in [0, 0.05) is 23.7 Å². The van der Waals surface area contributed by atoms with Gasteiger partial charge in [0.15, 0.2) is 0 Å². The summed E-state index contributed by atoms with van der Waals surface area (Å²) in [5.74, 6) is 0.306. The third kappa shape index (κ3) is 3.31. The van der Waals surface area contributed by atoms with E-state index in [0.29, 0.717) is 12.4 Å². The van der Waals surface area contributed by atoms with Gasteiger partial charge in [0.2, 0.25) is 5.82 Å². The number of nitrogens with one attached hydrogen (secondary N) is 1. The van der Waals surface area contributed by atoms with Crippen LogP contribution in [0.4, 0.5) is 11.5 Å². The molecule has 2 aromatic heterocycles. The van der Waals surface area contributed by atoms with Gasteiger partial charge in [0.1, 0.15) is 0 Å². The highest BCUT2D eigenvalue weighted by molar-refractivity contribution is 7.10. The molecule has 2 rings (SSSR count). The molecular formula is C13H16N4O2S. The van der Waals surface area contributed by atoms with Crippen LogP contribution in [0.25, 0.3) is 0 Å². The number of aromatic nitrogens is 1. The third-order valence-corrected chi connectivity index (χ3v) is 3.91. The van der Waals surface area contributed by atoms with Crippen molar-refractivity contribution in [3.8, 4) is 0 Å². The molecule has 20 heavy (non-hydrogen) atoms. The lowest BCUT2D eigenvalue weighted by Crippen LogP contribution is -2.26. The van der Waals surface area contributed by atoms with E-state index in [1.807, 2.05) is 25.5 Å². The normalized spacial score (nSPS) is 12.3. The Hall–Kier alpha value is -1.99. The van der Waals surface area contributed by atoms with Crippen LogP contribution in [0, 0.1) is 10.1 Å². The lowest BCUT2D eigenvalue weighted by molar-refractivity contribution is -0.384. The highest BCUT2D eigenvalue weighted by Crippen LogP contribution is 2.25. The third-order valence-electron chi connectivity index (χ3n) is 2.94. The van der Waals surface area contributed by atoms with Crippen LogP contribution >= 0.6 is 11.3 Å². The highest BCUT2D eigenvalue weighted by atomic mass is 32.1. The number of hydrogen-bond acceptors (Lipinski definition) is 6. The maximum Gasteiger partial charge on any atom is 0.311 e. The average molecular weight is 292 g/mol. The fourth-order valence-corrected chi connectivity index (χ4v) is 2.81. The van der Waals surface area contributed by atoms with Crippen LogP contribution in [0.1, 0.15) is 10.9 Å². The van der Waals surface area contributed by atoms with Crippen molar-refractivity contribution in [1.29, 1.82) is 0 Å². The molecule has 7 heteroatoms. The molecule has 2 heterocycles. The van der Waals surface area contributed by atoms with E-state index in [2.05, 4.69) is 21.3 Å². The summed E-state index contributed by atoms with van der Waals surface area (Å²) < 4.78 is 0. The Kier molecular flexibility index (Phi) is 4.65. The molecule has 0 fully saturated rings. The zero-order valence-electron chi connectivity index (χ0n) is 11.3. The first-order valence-electron chi connectivity index (χ1n) is 6.12. The Morgan fingerprint density at radius 1 is 1.45 bits per heavy atom. The second-order valence-electron chi connectivity index (χ2n) is 4.50. The van der Waals surface area contributed by atoms with Gasteiger partial charge >= 0.3 is 5.69 Å². The van der Waals surface area contributed by atoms with E-state index in [0.717, 1.165) is 0 Å². The lowest BCUT2D eigenvalue weighted by Gasteiger charge is -2.23. The summed E-state index contributed by atoms with van der Waals surface area (Å²) in [4.78, 5) is 17.9. The van der Waals surface area contributed by atoms with Crippen molar-refractivity contribution in [2.24, 2.45) is 0 Å².